The van der Waals surface area contributed by atoms with Crippen LogP contribution in [0.4, 0.5) is 0 Å². The average Bonchev–Trinajstić information content (AvgIpc) is 1.89. The van der Waals surface area contributed by atoms with Crippen LogP contribution in [0.25, 0.3) is 0 Å². The van der Waals surface area contributed by atoms with E-state index in [1.54, 1.807) is 0 Å². The van der Waals surface area contributed by atoms with Crippen molar-refractivity contribution < 1.29 is 24.6 Å². The standard InChI is InChI=1S/2C3H2Br.Hg/c2*1-2-3-4;/h2*3H2;. The van der Waals surface area contributed by atoms with Crippen LogP contribution >= 0.6 is 31.9 Å². The van der Waals surface area contributed by atoms with Gasteiger partial charge >= 0.3 is 85.8 Å². The summed E-state index contributed by atoms with van der Waals surface area (Å²) in [6.07, 6.45) is 0. The van der Waals surface area contributed by atoms with Gasteiger partial charge in [0.05, 0.1) is 0 Å². The van der Waals surface area contributed by atoms with Gasteiger partial charge in [0.15, 0.2) is 0 Å². The van der Waals surface area contributed by atoms with Gasteiger partial charge in [-0.2, -0.15) is 0 Å². The van der Waals surface area contributed by atoms with E-state index < -0.39 is 24.6 Å². The SMILES string of the molecule is BrCC#[C][Hg][C]#CCBr. The van der Waals surface area contributed by atoms with E-state index in [1.807, 2.05) is 0 Å². The molecule has 0 saturated carbocycles. The van der Waals surface area contributed by atoms with E-state index in [0.717, 1.165) is 10.7 Å². The van der Waals surface area contributed by atoms with Gasteiger partial charge in [-0.15, -0.1) is 0 Å². The molecule has 0 radical (unpaired) electrons. The minimum atomic E-state index is -1.04. The number of hydrogen-bond donors (Lipinski definition) is 0. The molecule has 9 heavy (non-hydrogen) atoms. The fourth-order valence-electron chi connectivity index (χ4n) is 0.264. The van der Waals surface area contributed by atoms with Gasteiger partial charge in [-0.05, 0) is 0 Å². The second-order valence-corrected chi connectivity index (χ2v) is 6.40. The molecule has 3 heteroatoms. The van der Waals surface area contributed by atoms with Crippen LogP contribution in [0.15, 0.2) is 0 Å². The first-order valence-electron chi connectivity index (χ1n) is 2.45. The molecule has 0 amide bonds. The zero-order chi connectivity index (χ0) is 6.95. The summed E-state index contributed by atoms with van der Waals surface area (Å²) in [5.41, 5.74) is 0. The first-order valence-corrected chi connectivity index (χ1v) is 10.2. The third-order valence-electron chi connectivity index (χ3n) is 0.560. The molecule has 0 bridgehead atoms. The second-order valence-electron chi connectivity index (χ2n) is 1.15. The van der Waals surface area contributed by atoms with Crippen LogP contribution in [0.3, 0.4) is 0 Å². The van der Waals surface area contributed by atoms with Crippen LogP contribution in [0.5, 0.6) is 0 Å². The molecule has 0 aliphatic rings. The Balaban J connectivity index is 3.28. The molecule has 0 aromatic rings. The summed E-state index contributed by atoms with van der Waals surface area (Å²) >= 11 is 5.41. The molecule has 0 saturated heterocycles. The maximum absolute atomic E-state index is 3.22. The topological polar surface area (TPSA) is 0 Å². The van der Waals surface area contributed by atoms with Crippen molar-refractivity contribution in [2.75, 3.05) is 10.7 Å². The van der Waals surface area contributed by atoms with Gasteiger partial charge in [0.2, 0.25) is 0 Å². The summed E-state index contributed by atoms with van der Waals surface area (Å²) in [4.78, 5) is 0. The fourth-order valence-corrected chi connectivity index (χ4v) is 5.79. The van der Waals surface area contributed by atoms with Gasteiger partial charge in [0.1, 0.15) is 0 Å². The van der Waals surface area contributed by atoms with Gasteiger partial charge in [0.25, 0.3) is 0 Å². The van der Waals surface area contributed by atoms with Gasteiger partial charge in [-0.25, -0.2) is 0 Å². The molecule has 0 fully saturated rings. The van der Waals surface area contributed by atoms with Crippen molar-refractivity contribution in [3.8, 4) is 18.7 Å². The summed E-state index contributed by atoms with van der Waals surface area (Å²) in [6, 6.07) is 0. The Morgan fingerprint density at radius 1 is 1.00 bits per heavy atom. The monoisotopic (exact) mass is 436 g/mol. The van der Waals surface area contributed by atoms with Crippen LogP contribution in [0.2, 0.25) is 0 Å². The first-order chi connectivity index (χ1) is 4.41. The molecule has 0 aromatic heterocycles. The van der Waals surface area contributed by atoms with Crippen LogP contribution in [0.1, 0.15) is 0 Å². The molecule has 0 aliphatic heterocycles. The normalized spacial score (nSPS) is 5.56. The molecule has 0 heterocycles. The molecule has 0 atom stereocenters. The van der Waals surface area contributed by atoms with Crippen molar-refractivity contribution in [3.63, 3.8) is 0 Å². The molecule has 0 nitrogen and oxygen atoms in total. The van der Waals surface area contributed by atoms with E-state index in [2.05, 4.69) is 50.6 Å². The van der Waals surface area contributed by atoms with Crippen molar-refractivity contribution in [1.29, 1.82) is 0 Å². The van der Waals surface area contributed by atoms with Crippen molar-refractivity contribution in [2.45, 2.75) is 0 Å². The van der Waals surface area contributed by atoms with Crippen molar-refractivity contribution >= 4 is 31.9 Å². The van der Waals surface area contributed by atoms with Gasteiger partial charge < -0.3 is 0 Å². The summed E-state index contributed by atoms with van der Waals surface area (Å²) in [6.45, 7) is 0. The molecule has 0 spiro atoms. The quantitative estimate of drug-likeness (QED) is 0.309. The fraction of sp³-hybridized carbons (Fsp3) is 0.333. The molecule has 44 valence electrons. The van der Waals surface area contributed by atoms with E-state index in [9.17, 15) is 0 Å². The summed E-state index contributed by atoms with van der Waals surface area (Å²) in [5.74, 6) is 5.91. The van der Waals surface area contributed by atoms with Crippen LogP contribution in [0, 0.1) is 18.7 Å². The molecule has 0 unspecified atom stereocenters. The maximum atomic E-state index is 3.22. The zero-order valence-electron chi connectivity index (χ0n) is 4.88. The summed E-state index contributed by atoms with van der Waals surface area (Å²) in [5, 5.41) is 1.59. The molecule has 0 aromatic carbocycles. The Bertz CT molecular complexity index is 147. The Labute approximate surface area is 84.9 Å². The molecular formula is C6H4Br2Hg. The third-order valence-corrected chi connectivity index (χ3v) is 4.44. The molecular weight excluding hydrogens is 432 g/mol. The van der Waals surface area contributed by atoms with E-state index in [0.29, 0.717) is 0 Å². The second kappa shape index (κ2) is 9.02. The van der Waals surface area contributed by atoms with Gasteiger partial charge in [-0.1, -0.05) is 0 Å². The Kier molecular flexibility index (Phi) is 10.0. The predicted octanol–water partition coefficient (Wildman–Crippen LogP) is 1.78. The summed E-state index contributed by atoms with van der Waals surface area (Å²) in [7, 11) is 0. The zero-order valence-corrected chi connectivity index (χ0v) is 13.5. The number of alkyl halides is 2. The Morgan fingerprint density at radius 3 is 1.78 bits per heavy atom. The van der Waals surface area contributed by atoms with Crippen molar-refractivity contribution in [3.05, 3.63) is 0 Å². The Morgan fingerprint density at radius 2 is 1.44 bits per heavy atom. The number of halogens is 2. The van der Waals surface area contributed by atoms with Crippen LogP contribution in [-0.4, -0.2) is 10.7 Å². The Hall–Kier alpha value is 1.02. The number of rotatable bonds is 0. The van der Waals surface area contributed by atoms with Crippen LogP contribution < -0.4 is 0 Å². The van der Waals surface area contributed by atoms with E-state index >= 15 is 0 Å². The number of hydrogen-bond acceptors (Lipinski definition) is 0. The van der Waals surface area contributed by atoms with Gasteiger partial charge in [0, 0.05) is 0 Å². The van der Waals surface area contributed by atoms with Crippen LogP contribution in [-0.2, 0) is 24.6 Å². The van der Waals surface area contributed by atoms with Crippen molar-refractivity contribution in [2.24, 2.45) is 0 Å². The predicted molar refractivity (Wildman–Crippen MR) is 43.1 cm³/mol. The van der Waals surface area contributed by atoms with Crippen molar-refractivity contribution in [1.82, 2.24) is 0 Å². The van der Waals surface area contributed by atoms with E-state index in [4.69, 9.17) is 0 Å². The first kappa shape index (κ1) is 10.0. The molecule has 0 N–H and O–H groups in total. The molecule has 0 aliphatic carbocycles. The summed E-state index contributed by atoms with van der Waals surface area (Å²) < 4.78 is 6.20. The average molecular weight is 436 g/mol. The molecule has 0 rings (SSSR count). The van der Waals surface area contributed by atoms with E-state index in [-0.39, 0.29) is 0 Å². The van der Waals surface area contributed by atoms with Gasteiger partial charge in [-0.3, -0.25) is 0 Å². The van der Waals surface area contributed by atoms with E-state index in [1.165, 1.54) is 0 Å². The minimum absolute atomic E-state index is 0.795. The third kappa shape index (κ3) is 9.02.